The Kier molecular flexibility index (Phi) is 9.00. The molecule has 19 heavy (non-hydrogen) atoms. The molecule has 1 aromatic rings. The van der Waals surface area contributed by atoms with Crippen LogP contribution in [0.3, 0.4) is 0 Å². The molecule has 0 aliphatic rings. The number of aliphatic hydroxyl groups is 1. The van der Waals surface area contributed by atoms with Crippen molar-refractivity contribution in [2.75, 3.05) is 18.9 Å². The highest BCUT2D eigenvalue weighted by Crippen LogP contribution is 2.07. The van der Waals surface area contributed by atoms with Gasteiger partial charge in [0.25, 0.3) is 0 Å². The molecule has 0 fully saturated rings. The zero-order valence-electron chi connectivity index (χ0n) is 11.3. The van der Waals surface area contributed by atoms with Gasteiger partial charge in [-0.3, -0.25) is 4.79 Å². The zero-order chi connectivity index (χ0) is 13.4. The standard InChI is InChI=1S/C14H22N2O2.ClH/c1-2-11(7-8-17)10-16-14(18)9-12-3-5-13(15)6-4-12;/h3-6,11,17H,2,7-10,15H2,1H3,(H,16,18);1H. The van der Waals surface area contributed by atoms with Gasteiger partial charge in [0, 0.05) is 18.8 Å². The van der Waals surface area contributed by atoms with Crippen LogP contribution in [0.1, 0.15) is 25.3 Å². The van der Waals surface area contributed by atoms with Crippen molar-refractivity contribution in [2.24, 2.45) is 5.92 Å². The smallest absolute Gasteiger partial charge is 0.224 e. The number of hydrogen-bond donors (Lipinski definition) is 3. The number of benzene rings is 1. The molecule has 0 aromatic heterocycles. The van der Waals surface area contributed by atoms with E-state index in [0.717, 1.165) is 18.4 Å². The molecule has 1 atom stereocenters. The van der Waals surface area contributed by atoms with E-state index in [4.69, 9.17) is 10.8 Å². The van der Waals surface area contributed by atoms with E-state index in [1.807, 2.05) is 12.1 Å². The van der Waals surface area contributed by atoms with Crippen molar-refractivity contribution in [3.05, 3.63) is 29.8 Å². The Morgan fingerprint density at radius 2 is 2.00 bits per heavy atom. The van der Waals surface area contributed by atoms with E-state index < -0.39 is 0 Å². The van der Waals surface area contributed by atoms with Crippen molar-refractivity contribution in [3.63, 3.8) is 0 Å². The summed E-state index contributed by atoms with van der Waals surface area (Å²) in [5, 5.41) is 11.8. The van der Waals surface area contributed by atoms with Crippen LogP contribution in [0.25, 0.3) is 0 Å². The van der Waals surface area contributed by atoms with E-state index in [0.29, 0.717) is 24.6 Å². The van der Waals surface area contributed by atoms with E-state index in [1.165, 1.54) is 0 Å². The molecule has 5 heteroatoms. The average Bonchev–Trinajstić information content (AvgIpc) is 2.37. The van der Waals surface area contributed by atoms with Crippen LogP contribution in [0, 0.1) is 5.92 Å². The number of nitrogens with two attached hydrogens (primary N) is 1. The number of carbonyl (C=O) groups is 1. The Hall–Kier alpha value is -1.26. The molecule has 1 unspecified atom stereocenters. The first-order valence-corrected chi connectivity index (χ1v) is 6.37. The molecular formula is C14H23ClN2O2. The number of carbonyl (C=O) groups excluding carboxylic acids is 1. The second-order valence-electron chi connectivity index (χ2n) is 4.51. The maximum Gasteiger partial charge on any atom is 0.224 e. The first-order valence-electron chi connectivity index (χ1n) is 6.37. The third kappa shape index (κ3) is 7.03. The minimum absolute atomic E-state index is 0. The van der Waals surface area contributed by atoms with Gasteiger partial charge >= 0.3 is 0 Å². The molecule has 4 nitrogen and oxygen atoms in total. The molecule has 4 N–H and O–H groups in total. The van der Waals surface area contributed by atoms with Crippen molar-refractivity contribution in [3.8, 4) is 0 Å². The van der Waals surface area contributed by atoms with Gasteiger partial charge in [-0.25, -0.2) is 0 Å². The Balaban J connectivity index is 0.00000324. The molecule has 0 spiro atoms. The number of nitrogens with one attached hydrogen (secondary N) is 1. The highest BCUT2D eigenvalue weighted by atomic mass is 35.5. The minimum atomic E-state index is 0. The largest absolute Gasteiger partial charge is 0.399 e. The normalized spacial score (nSPS) is 11.5. The lowest BCUT2D eigenvalue weighted by molar-refractivity contribution is -0.120. The summed E-state index contributed by atoms with van der Waals surface area (Å²) in [4.78, 5) is 11.7. The van der Waals surface area contributed by atoms with Crippen LogP contribution < -0.4 is 11.1 Å². The van der Waals surface area contributed by atoms with Gasteiger partial charge in [0.1, 0.15) is 0 Å². The summed E-state index contributed by atoms with van der Waals surface area (Å²) < 4.78 is 0. The topological polar surface area (TPSA) is 75.3 Å². The molecule has 1 amide bonds. The van der Waals surface area contributed by atoms with Gasteiger partial charge in [-0.2, -0.15) is 0 Å². The van der Waals surface area contributed by atoms with E-state index in [-0.39, 0.29) is 24.9 Å². The Bertz CT molecular complexity index is 368. The van der Waals surface area contributed by atoms with E-state index >= 15 is 0 Å². The van der Waals surface area contributed by atoms with Crippen molar-refractivity contribution in [2.45, 2.75) is 26.2 Å². The number of rotatable bonds is 7. The molecule has 0 aliphatic heterocycles. The summed E-state index contributed by atoms with van der Waals surface area (Å²) in [7, 11) is 0. The van der Waals surface area contributed by atoms with Crippen molar-refractivity contribution < 1.29 is 9.90 Å². The number of hydrogen-bond acceptors (Lipinski definition) is 3. The second kappa shape index (κ2) is 9.64. The number of halogens is 1. The van der Waals surface area contributed by atoms with E-state index in [1.54, 1.807) is 12.1 Å². The maximum absolute atomic E-state index is 11.7. The molecule has 108 valence electrons. The first-order chi connectivity index (χ1) is 8.65. The maximum atomic E-state index is 11.7. The third-order valence-electron chi connectivity index (χ3n) is 3.05. The Labute approximate surface area is 120 Å². The van der Waals surface area contributed by atoms with Gasteiger partial charge in [0.2, 0.25) is 5.91 Å². The molecular weight excluding hydrogens is 264 g/mol. The number of nitrogen functional groups attached to an aromatic ring is 1. The minimum Gasteiger partial charge on any atom is -0.399 e. The molecule has 1 rings (SSSR count). The van der Waals surface area contributed by atoms with Crippen molar-refractivity contribution in [1.29, 1.82) is 0 Å². The predicted octanol–water partition coefficient (Wildman–Crippen LogP) is 1.76. The highest BCUT2D eigenvalue weighted by molar-refractivity contribution is 5.85. The predicted molar refractivity (Wildman–Crippen MR) is 80.3 cm³/mol. The summed E-state index contributed by atoms with van der Waals surface area (Å²) >= 11 is 0. The van der Waals surface area contributed by atoms with Gasteiger partial charge in [-0.05, 0) is 30.0 Å². The summed E-state index contributed by atoms with van der Waals surface area (Å²) in [6, 6.07) is 7.31. The van der Waals surface area contributed by atoms with Gasteiger partial charge in [-0.1, -0.05) is 25.5 Å². The number of anilines is 1. The van der Waals surface area contributed by atoms with E-state index in [9.17, 15) is 4.79 Å². The third-order valence-corrected chi connectivity index (χ3v) is 3.05. The van der Waals surface area contributed by atoms with Crippen molar-refractivity contribution >= 4 is 24.0 Å². The van der Waals surface area contributed by atoms with Gasteiger partial charge < -0.3 is 16.2 Å². The molecule has 0 heterocycles. The number of aliphatic hydroxyl groups excluding tert-OH is 1. The lowest BCUT2D eigenvalue weighted by atomic mass is 10.0. The highest BCUT2D eigenvalue weighted by Gasteiger charge is 2.08. The lowest BCUT2D eigenvalue weighted by Crippen LogP contribution is -2.30. The average molecular weight is 287 g/mol. The molecule has 0 radical (unpaired) electrons. The first kappa shape index (κ1) is 17.7. The van der Waals surface area contributed by atoms with Crippen LogP contribution in [0.15, 0.2) is 24.3 Å². The van der Waals surface area contributed by atoms with Crippen LogP contribution in [0.2, 0.25) is 0 Å². The fourth-order valence-corrected chi connectivity index (χ4v) is 1.77. The van der Waals surface area contributed by atoms with Crippen LogP contribution in [0.4, 0.5) is 5.69 Å². The molecule has 0 saturated carbocycles. The van der Waals surface area contributed by atoms with Crippen molar-refractivity contribution in [1.82, 2.24) is 5.32 Å². The van der Waals surface area contributed by atoms with Gasteiger partial charge in [0.05, 0.1) is 6.42 Å². The summed E-state index contributed by atoms with van der Waals surface area (Å²) in [5.74, 6) is 0.363. The van der Waals surface area contributed by atoms with Crippen LogP contribution in [-0.4, -0.2) is 24.2 Å². The number of amides is 1. The quantitative estimate of drug-likeness (QED) is 0.669. The molecule has 0 bridgehead atoms. The Morgan fingerprint density at radius 3 is 2.53 bits per heavy atom. The summed E-state index contributed by atoms with van der Waals surface area (Å²) in [6.45, 7) is 2.86. The van der Waals surface area contributed by atoms with Crippen LogP contribution in [0.5, 0.6) is 0 Å². The monoisotopic (exact) mass is 286 g/mol. The SMILES string of the molecule is CCC(CCO)CNC(=O)Cc1ccc(N)cc1.Cl. The molecule has 0 aliphatic carbocycles. The lowest BCUT2D eigenvalue weighted by Gasteiger charge is -2.14. The fraction of sp³-hybridized carbons (Fsp3) is 0.500. The zero-order valence-corrected chi connectivity index (χ0v) is 12.1. The van der Waals surface area contributed by atoms with Crippen LogP contribution >= 0.6 is 12.4 Å². The van der Waals surface area contributed by atoms with Crippen LogP contribution in [-0.2, 0) is 11.2 Å². The second-order valence-corrected chi connectivity index (χ2v) is 4.51. The summed E-state index contributed by atoms with van der Waals surface area (Å²) in [5.41, 5.74) is 7.24. The molecule has 1 aromatic carbocycles. The molecule has 0 saturated heterocycles. The van der Waals surface area contributed by atoms with Gasteiger partial charge in [-0.15, -0.1) is 12.4 Å². The van der Waals surface area contributed by atoms with Gasteiger partial charge in [0.15, 0.2) is 0 Å². The Morgan fingerprint density at radius 1 is 1.37 bits per heavy atom. The fourth-order valence-electron chi connectivity index (χ4n) is 1.77. The summed E-state index contributed by atoms with van der Waals surface area (Å²) in [6.07, 6.45) is 2.07. The van der Waals surface area contributed by atoms with E-state index in [2.05, 4.69) is 12.2 Å².